The first-order valence-electron chi connectivity index (χ1n) is 6.84. The van der Waals surface area contributed by atoms with Crippen molar-refractivity contribution in [3.05, 3.63) is 29.8 Å². The summed E-state index contributed by atoms with van der Waals surface area (Å²) < 4.78 is 16.1. The Morgan fingerprint density at radius 1 is 1.24 bits per heavy atom. The van der Waals surface area contributed by atoms with Gasteiger partial charge in [0.1, 0.15) is 0 Å². The van der Waals surface area contributed by atoms with Crippen molar-refractivity contribution in [2.75, 3.05) is 40.2 Å². The lowest BCUT2D eigenvalue weighted by Gasteiger charge is -2.14. The van der Waals surface area contributed by atoms with Crippen LogP contribution in [0.4, 0.5) is 0 Å². The summed E-state index contributed by atoms with van der Waals surface area (Å²) in [5.41, 5.74) is 2.24. The van der Waals surface area contributed by atoms with E-state index in [0.29, 0.717) is 13.2 Å². The Labute approximate surface area is 131 Å². The van der Waals surface area contributed by atoms with E-state index in [9.17, 15) is 0 Å². The summed E-state index contributed by atoms with van der Waals surface area (Å²) in [5, 5.41) is 3.37. The van der Waals surface area contributed by atoms with E-state index in [0.717, 1.165) is 30.2 Å². The highest BCUT2D eigenvalue weighted by Crippen LogP contribution is 2.34. The predicted octanol–water partition coefficient (Wildman–Crippen LogP) is 3.11. The lowest BCUT2D eigenvalue weighted by molar-refractivity contribution is 0.157. The fraction of sp³-hybridized carbons (Fsp3) is 0.500. The summed E-state index contributed by atoms with van der Waals surface area (Å²) in [6.45, 7) is 8.63. The first kappa shape index (κ1) is 17.9. The fourth-order valence-corrected chi connectivity index (χ4v) is 2.46. The number of ether oxygens (including phenoxy) is 3. The van der Waals surface area contributed by atoms with Crippen molar-refractivity contribution >= 4 is 11.8 Å². The molecule has 4 nitrogen and oxygen atoms in total. The number of nitrogens with one attached hydrogen (secondary N) is 1. The second-order valence-electron chi connectivity index (χ2n) is 4.71. The van der Waals surface area contributed by atoms with Crippen LogP contribution in [0.15, 0.2) is 29.2 Å². The molecule has 0 amide bonds. The van der Waals surface area contributed by atoms with Crippen molar-refractivity contribution in [1.82, 2.24) is 5.32 Å². The molecule has 1 rings (SSSR count). The van der Waals surface area contributed by atoms with Gasteiger partial charge in [-0.1, -0.05) is 12.2 Å². The Hall–Kier alpha value is -1.17. The average Bonchev–Trinajstić information content (AvgIpc) is 2.49. The number of rotatable bonds is 10. The molecule has 0 aliphatic heterocycles. The van der Waals surface area contributed by atoms with Gasteiger partial charge in [-0.2, -0.15) is 0 Å². The van der Waals surface area contributed by atoms with Crippen LogP contribution >= 0.6 is 11.8 Å². The molecule has 118 valence electrons. The molecule has 0 spiro atoms. The SMILES string of the molecule is C=C(C)COCCNCc1cc(OC)c(OC)cc1SC. The van der Waals surface area contributed by atoms with E-state index in [1.54, 1.807) is 26.0 Å². The highest BCUT2D eigenvalue weighted by atomic mass is 32.2. The standard InChI is InChI=1S/C16H25NO3S/c1-12(2)11-20-7-6-17-10-13-8-14(18-3)15(19-4)9-16(13)21-5/h8-9,17H,1,6-7,10-11H2,2-5H3. The molecule has 1 aromatic rings. The van der Waals surface area contributed by atoms with Gasteiger partial charge in [0.25, 0.3) is 0 Å². The molecule has 0 aromatic heterocycles. The average molecular weight is 311 g/mol. The maximum absolute atomic E-state index is 5.46. The number of thioether (sulfide) groups is 1. The van der Waals surface area contributed by atoms with E-state index >= 15 is 0 Å². The largest absolute Gasteiger partial charge is 0.493 e. The van der Waals surface area contributed by atoms with Gasteiger partial charge in [-0.15, -0.1) is 11.8 Å². The quantitative estimate of drug-likeness (QED) is 0.408. The topological polar surface area (TPSA) is 39.7 Å². The normalized spacial score (nSPS) is 10.5. The zero-order valence-electron chi connectivity index (χ0n) is 13.3. The van der Waals surface area contributed by atoms with Gasteiger partial charge < -0.3 is 19.5 Å². The van der Waals surface area contributed by atoms with Crippen molar-refractivity contribution in [2.24, 2.45) is 0 Å². The van der Waals surface area contributed by atoms with E-state index in [-0.39, 0.29) is 0 Å². The Bertz CT molecular complexity index is 463. The molecular weight excluding hydrogens is 286 g/mol. The zero-order valence-corrected chi connectivity index (χ0v) is 14.1. The summed E-state index contributed by atoms with van der Waals surface area (Å²) in [4.78, 5) is 1.18. The third-order valence-electron chi connectivity index (χ3n) is 2.87. The number of benzene rings is 1. The van der Waals surface area contributed by atoms with Gasteiger partial charge in [-0.25, -0.2) is 0 Å². The molecule has 0 saturated heterocycles. The van der Waals surface area contributed by atoms with Gasteiger partial charge in [0.2, 0.25) is 0 Å². The maximum Gasteiger partial charge on any atom is 0.161 e. The molecule has 0 heterocycles. The monoisotopic (exact) mass is 311 g/mol. The van der Waals surface area contributed by atoms with E-state index < -0.39 is 0 Å². The van der Waals surface area contributed by atoms with Crippen molar-refractivity contribution in [3.63, 3.8) is 0 Å². The molecule has 21 heavy (non-hydrogen) atoms. The second-order valence-corrected chi connectivity index (χ2v) is 5.55. The van der Waals surface area contributed by atoms with Gasteiger partial charge in [-0.05, 0) is 30.9 Å². The van der Waals surface area contributed by atoms with Crippen LogP contribution in [0, 0.1) is 0 Å². The zero-order chi connectivity index (χ0) is 15.7. The fourth-order valence-electron chi connectivity index (χ4n) is 1.84. The number of hydrogen-bond donors (Lipinski definition) is 1. The first-order chi connectivity index (χ1) is 10.1. The van der Waals surface area contributed by atoms with Crippen LogP contribution in [0.25, 0.3) is 0 Å². The van der Waals surface area contributed by atoms with Crippen LogP contribution in [-0.4, -0.2) is 40.2 Å². The van der Waals surface area contributed by atoms with E-state index in [1.807, 2.05) is 19.1 Å². The third kappa shape index (κ3) is 5.99. The smallest absolute Gasteiger partial charge is 0.161 e. The molecule has 0 saturated carbocycles. The summed E-state index contributed by atoms with van der Waals surface area (Å²) in [6, 6.07) is 4.03. The Morgan fingerprint density at radius 2 is 1.90 bits per heavy atom. The molecule has 0 aliphatic rings. The highest BCUT2D eigenvalue weighted by molar-refractivity contribution is 7.98. The molecule has 1 N–H and O–H groups in total. The van der Waals surface area contributed by atoms with Gasteiger partial charge in [0, 0.05) is 18.0 Å². The molecule has 0 atom stereocenters. The molecule has 0 fully saturated rings. The minimum absolute atomic E-state index is 0.619. The Balaban J connectivity index is 2.55. The molecule has 0 unspecified atom stereocenters. The summed E-state index contributed by atoms with van der Waals surface area (Å²) in [7, 11) is 3.30. The van der Waals surface area contributed by atoms with E-state index in [2.05, 4.69) is 18.2 Å². The van der Waals surface area contributed by atoms with Gasteiger partial charge in [-0.3, -0.25) is 0 Å². The number of methoxy groups -OCH3 is 2. The van der Waals surface area contributed by atoms with Crippen LogP contribution in [0.5, 0.6) is 11.5 Å². The van der Waals surface area contributed by atoms with Crippen molar-refractivity contribution in [2.45, 2.75) is 18.4 Å². The maximum atomic E-state index is 5.46. The Morgan fingerprint density at radius 3 is 2.48 bits per heavy atom. The van der Waals surface area contributed by atoms with Crippen molar-refractivity contribution in [1.29, 1.82) is 0 Å². The molecule has 0 aliphatic carbocycles. The minimum Gasteiger partial charge on any atom is -0.493 e. The van der Waals surface area contributed by atoms with Gasteiger partial charge in [0.15, 0.2) is 11.5 Å². The van der Waals surface area contributed by atoms with Crippen molar-refractivity contribution < 1.29 is 14.2 Å². The molecule has 0 radical (unpaired) electrons. The Kier molecular flexibility index (Phi) is 8.27. The highest BCUT2D eigenvalue weighted by Gasteiger charge is 2.10. The van der Waals surface area contributed by atoms with Crippen LogP contribution in [0.1, 0.15) is 12.5 Å². The number of hydrogen-bond acceptors (Lipinski definition) is 5. The van der Waals surface area contributed by atoms with Crippen LogP contribution < -0.4 is 14.8 Å². The van der Waals surface area contributed by atoms with Crippen molar-refractivity contribution in [3.8, 4) is 11.5 Å². The third-order valence-corrected chi connectivity index (χ3v) is 3.69. The second kappa shape index (κ2) is 9.71. The molecule has 1 aromatic carbocycles. The van der Waals surface area contributed by atoms with Crippen LogP contribution in [-0.2, 0) is 11.3 Å². The lowest BCUT2D eigenvalue weighted by atomic mass is 10.2. The molecule has 5 heteroatoms. The first-order valence-corrected chi connectivity index (χ1v) is 8.06. The van der Waals surface area contributed by atoms with Gasteiger partial charge in [0.05, 0.1) is 27.4 Å². The minimum atomic E-state index is 0.619. The van der Waals surface area contributed by atoms with Gasteiger partial charge >= 0.3 is 0 Å². The van der Waals surface area contributed by atoms with E-state index in [1.165, 1.54) is 10.5 Å². The summed E-state index contributed by atoms with van der Waals surface area (Å²) >= 11 is 1.70. The van der Waals surface area contributed by atoms with Crippen LogP contribution in [0.3, 0.4) is 0 Å². The lowest BCUT2D eigenvalue weighted by Crippen LogP contribution is -2.20. The van der Waals surface area contributed by atoms with E-state index in [4.69, 9.17) is 14.2 Å². The molecule has 0 bridgehead atoms. The molecular formula is C16H25NO3S. The predicted molar refractivity (Wildman–Crippen MR) is 88.7 cm³/mol. The van der Waals surface area contributed by atoms with Crippen LogP contribution in [0.2, 0.25) is 0 Å². The summed E-state index contributed by atoms with van der Waals surface area (Å²) in [5.74, 6) is 1.51. The summed E-state index contributed by atoms with van der Waals surface area (Å²) in [6.07, 6.45) is 2.06.